The zero-order chi connectivity index (χ0) is 49.0. The summed E-state index contributed by atoms with van der Waals surface area (Å²) < 4.78 is 0. The minimum atomic E-state index is -1.57. The average Bonchev–Trinajstić information content (AvgIpc) is 3.98. The van der Waals surface area contributed by atoms with Crippen molar-refractivity contribution in [3.63, 3.8) is 0 Å². The Morgan fingerprint density at radius 3 is 2.22 bits per heavy atom. The number of nitrogens with one attached hydrogen (secondary N) is 10. The van der Waals surface area contributed by atoms with E-state index in [1.165, 1.54) is 5.48 Å². The van der Waals surface area contributed by atoms with E-state index in [-0.39, 0.29) is 49.2 Å². The second-order valence-corrected chi connectivity index (χ2v) is 18.4. The van der Waals surface area contributed by atoms with Gasteiger partial charge in [0, 0.05) is 59.8 Å². The van der Waals surface area contributed by atoms with Gasteiger partial charge in [-0.05, 0) is 56.1 Å². The summed E-state index contributed by atoms with van der Waals surface area (Å²) in [5, 5.41) is 31.1. The molecule has 67 heavy (non-hydrogen) atoms. The lowest BCUT2D eigenvalue weighted by atomic mass is 9.92. The Labute approximate surface area is 391 Å². The topological polar surface area (TPSA) is 367 Å². The third-order valence-electron chi connectivity index (χ3n) is 11.3. The number of unbranched alkanes of at least 4 members (excludes halogenated alkanes) is 2. The Morgan fingerprint density at radius 2 is 1.51 bits per heavy atom. The molecule has 368 valence electrons. The van der Waals surface area contributed by atoms with Crippen molar-refractivity contribution < 1.29 is 53.2 Å². The van der Waals surface area contributed by atoms with E-state index >= 15 is 0 Å². The smallest absolute Gasteiger partial charge is 0.315 e. The Kier molecular flexibility index (Phi) is 21.2. The molecule has 4 rings (SSSR count). The van der Waals surface area contributed by atoms with Crippen LogP contribution in [-0.4, -0.2) is 130 Å². The molecule has 23 nitrogen and oxygen atoms in total. The summed E-state index contributed by atoms with van der Waals surface area (Å²) >= 11 is 1.83. The number of carbonyl (C=O) groups excluding carboxylic acids is 10. The van der Waals surface area contributed by atoms with E-state index in [1.54, 1.807) is 44.3 Å². The van der Waals surface area contributed by atoms with Gasteiger partial charge in [0.15, 0.2) is 0 Å². The monoisotopic (exact) mass is 956 g/mol. The standard InChI is InChI=1S/C43H64N12O11S/c1-23(2)15-24(17-35(58)55-66)40(62)51-30(18-33(44)56)42(64)52-29(16-25-19-47-27-10-4-3-9-26(25)27)41(63)49-20-36(59)48-21-37(60)50-28(39(45)61)11-7-8-14-46-34(57)13-6-5-12-32-38-31(22-67-32)53-43(65)54-38/h3-4,9-10,19,23-24,28-32,38,47,66H,5-8,11-18,20-22H2,1-2H3,(H2,44,56)(H2,45,61)(H,46,57)(H,48,59)(H,49,63)(H,50,60)(H,51,62)(H,52,64)(H,55,58)(H2,53,54,65)/t24?,28-,29-,30-,31-,32-,38-/m0/s1. The highest BCUT2D eigenvalue weighted by Gasteiger charge is 2.42. The first-order valence-electron chi connectivity index (χ1n) is 22.4. The molecule has 0 saturated carbocycles. The van der Waals surface area contributed by atoms with Crippen LogP contribution < -0.4 is 59.5 Å². The van der Waals surface area contributed by atoms with Crippen molar-refractivity contribution in [2.24, 2.45) is 23.3 Å². The molecule has 0 aliphatic carbocycles. The Balaban J connectivity index is 1.23. The number of carbonyl (C=O) groups is 10. The highest BCUT2D eigenvalue weighted by atomic mass is 32.2. The second-order valence-electron chi connectivity index (χ2n) is 17.2. The number of aromatic nitrogens is 1. The van der Waals surface area contributed by atoms with Gasteiger partial charge in [0.05, 0.1) is 31.6 Å². The van der Waals surface area contributed by atoms with Crippen LogP contribution in [0.25, 0.3) is 10.9 Å². The Bertz CT molecular complexity index is 2100. The van der Waals surface area contributed by atoms with Gasteiger partial charge >= 0.3 is 6.03 Å². The molecular weight excluding hydrogens is 893 g/mol. The Hall–Kier alpha value is -6.43. The lowest BCUT2D eigenvalue weighted by molar-refractivity contribution is -0.137. The molecule has 0 radical (unpaired) electrons. The van der Waals surface area contributed by atoms with Gasteiger partial charge < -0.3 is 59.0 Å². The highest BCUT2D eigenvalue weighted by Crippen LogP contribution is 2.33. The van der Waals surface area contributed by atoms with Crippen LogP contribution in [0.3, 0.4) is 0 Å². The number of thioether (sulfide) groups is 1. The van der Waals surface area contributed by atoms with Crippen molar-refractivity contribution in [3.05, 3.63) is 36.0 Å². The maximum atomic E-state index is 13.7. The first-order chi connectivity index (χ1) is 31.9. The molecule has 0 spiro atoms. The third kappa shape index (κ3) is 17.7. The second kappa shape index (κ2) is 26.6. The van der Waals surface area contributed by atoms with E-state index in [0.29, 0.717) is 43.0 Å². The maximum absolute atomic E-state index is 13.7. The number of hydrogen-bond donors (Lipinski definition) is 13. The van der Waals surface area contributed by atoms with Crippen LogP contribution in [0.2, 0.25) is 0 Å². The SMILES string of the molecule is CC(C)CC(CC(=O)NO)C(=O)N[C@@H](CC(N)=O)C(=O)N[C@@H](Cc1c[nH]c2ccccc12)C(=O)NCC(=O)NCC(=O)N[C@@H](CCCCNC(=O)CCCC[C@@H]1SC[C@@H]2NC(=O)N[C@@H]21)C(N)=O. The average molecular weight is 957 g/mol. The lowest BCUT2D eigenvalue weighted by Gasteiger charge is -2.25. The summed E-state index contributed by atoms with van der Waals surface area (Å²) in [5.74, 6) is -6.94. The summed E-state index contributed by atoms with van der Waals surface area (Å²) in [6, 6.07) is 3.33. The van der Waals surface area contributed by atoms with Crippen LogP contribution in [0.15, 0.2) is 30.5 Å². The van der Waals surface area contributed by atoms with Gasteiger partial charge in [-0.3, -0.25) is 48.4 Å². The van der Waals surface area contributed by atoms with Crippen molar-refractivity contribution in [3.8, 4) is 0 Å². The number of aromatic amines is 1. The predicted octanol–water partition coefficient (Wildman–Crippen LogP) is -1.67. The number of H-pyrrole nitrogens is 1. The van der Waals surface area contributed by atoms with Gasteiger partial charge in [0.25, 0.3) is 0 Å². The molecular formula is C43H64N12O11S. The molecule has 24 heteroatoms. The molecule has 3 heterocycles. The fraction of sp³-hybridized carbons (Fsp3) is 0.581. The fourth-order valence-electron chi connectivity index (χ4n) is 7.95. The number of amides is 11. The molecule has 2 aromatic rings. The predicted molar refractivity (Wildman–Crippen MR) is 245 cm³/mol. The molecule has 11 amide bonds. The molecule has 1 unspecified atom stereocenters. The number of nitrogens with two attached hydrogens (primary N) is 2. The van der Waals surface area contributed by atoms with Gasteiger partial charge in [-0.25, -0.2) is 10.3 Å². The summed E-state index contributed by atoms with van der Waals surface area (Å²) in [6.45, 7) is 2.76. The largest absolute Gasteiger partial charge is 0.370 e. The van der Waals surface area contributed by atoms with Crippen molar-refractivity contribution >= 4 is 81.9 Å². The molecule has 15 N–H and O–H groups in total. The molecule has 2 aliphatic rings. The van der Waals surface area contributed by atoms with Crippen LogP contribution >= 0.6 is 11.8 Å². The number of benzene rings is 1. The summed E-state index contributed by atoms with van der Waals surface area (Å²) in [5.41, 5.74) is 13.7. The lowest BCUT2D eigenvalue weighted by Crippen LogP contribution is -2.56. The van der Waals surface area contributed by atoms with E-state index < -0.39 is 97.2 Å². The number of rotatable bonds is 29. The number of hydrogen-bond acceptors (Lipinski definition) is 12. The van der Waals surface area contributed by atoms with Gasteiger partial charge in [-0.2, -0.15) is 11.8 Å². The molecule has 1 aromatic carbocycles. The van der Waals surface area contributed by atoms with E-state index in [4.69, 9.17) is 16.7 Å². The van der Waals surface area contributed by atoms with Crippen molar-refractivity contribution in [1.82, 2.24) is 53.0 Å². The van der Waals surface area contributed by atoms with Gasteiger partial charge in [0.2, 0.25) is 53.2 Å². The van der Waals surface area contributed by atoms with E-state index in [9.17, 15) is 47.9 Å². The zero-order valence-electron chi connectivity index (χ0n) is 37.7. The summed E-state index contributed by atoms with van der Waals surface area (Å²) in [6.07, 6.45) is 4.62. The number of urea groups is 1. The van der Waals surface area contributed by atoms with Crippen LogP contribution in [0.1, 0.15) is 83.6 Å². The Morgan fingerprint density at radius 1 is 0.776 bits per heavy atom. The molecule has 2 aliphatic heterocycles. The number of fused-ring (bicyclic) bond motifs is 2. The zero-order valence-corrected chi connectivity index (χ0v) is 38.5. The summed E-state index contributed by atoms with van der Waals surface area (Å²) in [7, 11) is 0. The van der Waals surface area contributed by atoms with E-state index in [2.05, 4.69) is 47.5 Å². The highest BCUT2D eigenvalue weighted by molar-refractivity contribution is 8.00. The number of hydroxylamine groups is 1. The number of para-hydroxylation sites is 1. The maximum Gasteiger partial charge on any atom is 0.315 e. The number of primary amides is 2. The molecule has 0 bridgehead atoms. The van der Waals surface area contributed by atoms with E-state index in [0.717, 1.165) is 29.5 Å². The van der Waals surface area contributed by atoms with Crippen molar-refractivity contribution in [2.45, 2.75) is 120 Å². The minimum Gasteiger partial charge on any atom is -0.370 e. The van der Waals surface area contributed by atoms with Crippen molar-refractivity contribution in [1.29, 1.82) is 0 Å². The first-order valence-corrected chi connectivity index (χ1v) is 23.4. The summed E-state index contributed by atoms with van der Waals surface area (Å²) in [4.78, 5) is 129. The van der Waals surface area contributed by atoms with Crippen LogP contribution in [0, 0.1) is 11.8 Å². The first kappa shape index (κ1) is 53.2. The van der Waals surface area contributed by atoms with Gasteiger partial charge in [-0.15, -0.1) is 0 Å². The van der Waals surface area contributed by atoms with E-state index in [1.807, 2.05) is 11.8 Å². The molecule has 2 fully saturated rings. The quantitative estimate of drug-likeness (QED) is 0.0188. The van der Waals surface area contributed by atoms with Crippen LogP contribution in [0.4, 0.5) is 4.79 Å². The molecule has 2 saturated heterocycles. The van der Waals surface area contributed by atoms with Gasteiger partial charge in [0.1, 0.15) is 18.1 Å². The normalized spacial score (nSPS) is 18.0. The molecule has 7 atom stereocenters. The van der Waals surface area contributed by atoms with Gasteiger partial charge in [-0.1, -0.05) is 38.5 Å². The minimum absolute atomic E-state index is 0.0719. The third-order valence-corrected chi connectivity index (χ3v) is 12.8. The van der Waals surface area contributed by atoms with Crippen LogP contribution in [-0.2, 0) is 49.6 Å². The van der Waals surface area contributed by atoms with Crippen molar-refractivity contribution in [2.75, 3.05) is 25.4 Å². The van der Waals surface area contributed by atoms with Crippen LogP contribution in [0.5, 0.6) is 0 Å². The molecule has 1 aromatic heterocycles. The fourth-order valence-corrected chi connectivity index (χ4v) is 9.49.